The zero-order chi connectivity index (χ0) is 7.15. The maximum absolute atomic E-state index is 9.53. The summed E-state index contributed by atoms with van der Waals surface area (Å²) in [5.41, 5.74) is 0. The molecule has 0 fully saturated rings. The third-order valence-corrected chi connectivity index (χ3v) is 0. The van der Waals surface area contributed by atoms with Crippen LogP contribution in [0.15, 0.2) is 0 Å². The van der Waals surface area contributed by atoms with Crippen molar-refractivity contribution < 1.29 is 10.2 Å². The molecule has 0 aliphatic heterocycles. The van der Waals surface area contributed by atoms with E-state index in [2.05, 4.69) is 0 Å². The minimum atomic E-state index is -1.75. The topological polar surface area (TPSA) is 89.3 Å². The van der Waals surface area contributed by atoms with Crippen LogP contribution < -0.4 is 5.11 Å². The van der Waals surface area contributed by atoms with Crippen molar-refractivity contribution in [1.29, 1.82) is 0 Å². The molecule has 9 heavy (non-hydrogen) atoms. The summed E-state index contributed by atoms with van der Waals surface area (Å²) in [5.74, 6) is 0. The van der Waals surface area contributed by atoms with Crippen molar-refractivity contribution in [2.24, 2.45) is 0 Å². The standard InChI is InChI=1S/C3H7O.In.NO3/c1-3(2)4;;2-1(3)4/h3H,1-2H3;;/q-1;+3;-1. The van der Waals surface area contributed by atoms with E-state index in [-0.39, 0.29) is 25.8 Å². The Hall–Kier alpha value is 0.0301. The Kier molecular flexibility index (Phi) is 19.4. The van der Waals surface area contributed by atoms with Crippen molar-refractivity contribution in [3.63, 3.8) is 0 Å². The van der Waals surface area contributed by atoms with Gasteiger partial charge in [0.25, 0.3) is 0 Å². The molecule has 0 aliphatic carbocycles. The first-order valence-electron chi connectivity index (χ1n) is 1.94. The van der Waals surface area contributed by atoms with Gasteiger partial charge in [-0.25, -0.2) is 0 Å². The smallest absolute Gasteiger partial charge is 0.852 e. The van der Waals surface area contributed by atoms with E-state index in [1.54, 1.807) is 13.8 Å². The van der Waals surface area contributed by atoms with Crippen LogP contribution in [0.3, 0.4) is 0 Å². The van der Waals surface area contributed by atoms with Crippen LogP contribution >= 0.6 is 0 Å². The fraction of sp³-hybridized carbons (Fsp3) is 1.00. The van der Waals surface area contributed by atoms with Crippen LogP contribution in [-0.4, -0.2) is 37.0 Å². The van der Waals surface area contributed by atoms with Gasteiger partial charge in [-0.15, -0.1) is 6.10 Å². The van der Waals surface area contributed by atoms with Crippen molar-refractivity contribution in [2.45, 2.75) is 20.0 Å². The molecule has 0 radical (unpaired) electrons. The maximum Gasteiger partial charge on any atom is 3.00 e. The van der Waals surface area contributed by atoms with Crippen LogP contribution in [0.4, 0.5) is 0 Å². The molecule has 0 bridgehead atoms. The molecule has 0 spiro atoms. The Bertz CT molecular complexity index is 60.1. The van der Waals surface area contributed by atoms with Crippen LogP contribution in [0.5, 0.6) is 0 Å². The molecule has 0 atom stereocenters. The molecular weight excluding hydrogens is 229 g/mol. The molecule has 0 aromatic rings. The zero-order valence-electron chi connectivity index (χ0n) is 5.23. The summed E-state index contributed by atoms with van der Waals surface area (Å²) < 4.78 is 0. The van der Waals surface area contributed by atoms with E-state index in [0.29, 0.717) is 0 Å². The van der Waals surface area contributed by atoms with Gasteiger partial charge in [-0.1, -0.05) is 13.8 Å². The third kappa shape index (κ3) is 322000. The second kappa shape index (κ2) is 10.9. The van der Waals surface area contributed by atoms with Crippen LogP contribution in [-0.2, 0) is 0 Å². The second-order valence-corrected chi connectivity index (χ2v) is 1.27. The van der Waals surface area contributed by atoms with Gasteiger partial charge in [-0.05, 0) is 0 Å². The first-order chi connectivity index (χ1) is 3.46. The molecule has 6 heteroatoms. The first kappa shape index (κ1) is 16.0. The van der Waals surface area contributed by atoms with E-state index in [1.807, 2.05) is 0 Å². The number of hydrogen-bond donors (Lipinski definition) is 0. The second-order valence-electron chi connectivity index (χ2n) is 1.27. The van der Waals surface area contributed by atoms with Crippen molar-refractivity contribution in [3.05, 3.63) is 15.3 Å². The SMILES string of the molecule is CC(C)[O-].O=[N+]([O-])[O-].[In+3]. The van der Waals surface area contributed by atoms with Gasteiger partial charge in [0.1, 0.15) is 0 Å². The molecule has 0 saturated heterocycles. The molecule has 0 aromatic heterocycles. The largest absolute Gasteiger partial charge is 3.00 e. The molecule has 50 valence electrons. The molecular formula is C3H7InNO4+. The minimum Gasteiger partial charge on any atom is -0.852 e. The molecule has 0 rings (SSSR count). The van der Waals surface area contributed by atoms with E-state index in [1.165, 1.54) is 0 Å². The van der Waals surface area contributed by atoms with Gasteiger partial charge in [0.05, 0.1) is 5.09 Å². The van der Waals surface area contributed by atoms with Crippen LogP contribution in [0.1, 0.15) is 13.8 Å². The summed E-state index contributed by atoms with van der Waals surface area (Å²) in [6.07, 6.45) is -0.417. The summed E-state index contributed by atoms with van der Waals surface area (Å²) >= 11 is 0. The van der Waals surface area contributed by atoms with Crippen LogP contribution in [0, 0.1) is 15.3 Å². The first-order valence-corrected chi connectivity index (χ1v) is 1.94. The van der Waals surface area contributed by atoms with Gasteiger partial charge in [-0.3, -0.25) is 0 Å². The normalized spacial score (nSPS) is 6.67. The Morgan fingerprint density at radius 3 is 1.33 bits per heavy atom. The van der Waals surface area contributed by atoms with Gasteiger partial charge in [0.2, 0.25) is 0 Å². The Labute approximate surface area is 71.6 Å². The van der Waals surface area contributed by atoms with E-state index in [0.717, 1.165) is 0 Å². The van der Waals surface area contributed by atoms with Gasteiger partial charge >= 0.3 is 25.8 Å². The molecule has 0 aliphatic rings. The van der Waals surface area contributed by atoms with E-state index in [4.69, 9.17) is 15.3 Å². The summed E-state index contributed by atoms with van der Waals surface area (Å²) in [6.45, 7) is 3.22. The Morgan fingerprint density at radius 1 is 1.33 bits per heavy atom. The van der Waals surface area contributed by atoms with Gasteiger partial charge < -0.3 is 20.4 Å². The molecule has 0 N–H and O–H groups in total. The van der Waals surface area contributed by atoms with Gasteiger partial charge in [0, 0.05) is 0 Å². The van der Waals surface area contributed by atoms with E-state index in [9.17, 15) is 5.11 Å². The third-order valence-electron chi connectivity index (χ3n) is 0. The zero-order valence-corrected chi connectivity index (χ0v) is 8.53. The van der Waals surface area contributed by atoms with Gasteiger partial charge in [-0.2, -0.15) is 0 Å². The molecule has 0 amide bonds. The average molecular weight is 236 g/mol. The van der Waals surface area contributed by atoms with Crippen LogP contribution in [0.2, 0.25) is 0 Å². The Morgan fingerprint density at radius 2 is 1.33 bits per heavy atom. The van der Waals surface area contributed by atoms with Crippen molar-refractivity contribution >= 4 is 25.8 Å². The van der Waals surface area contributed by atoms with Crippen molar-refractivity contribution in [2.75, 3.05) is 0 Å². The predicted octanol–water partition coefficient (Wildman–Crippen LogP) is -0.865. The van der Waals surface area contributed by atoms with Crippen LogP contribution in [0.25, 0.3) is 0 Å². The Balaban J connectivity index is -0.0000000720. The fourth-order valence-corrected chi connectivity index (χ4v) is 0. The fourth-order valence-electron chi connectivity index (χ4n) is 0. The molecule has 0 heterocycles. The van der Waals surface area contributed by atoms with E-state index >= 15 is 0 Å². The number of nitrogens with zero attached hydrogens (tertiary/aromatic N) is 1. The quantitative estimate of drug-likeness (QED) is 0.404. The van der Waals surface area contributed by atoms with Gasteiger partial charge in [0.15, 0.2) is 0 Å². The molecule has 0 unspecified atom stereocenters. The van der Waals surface area contributed by atoms with Crippen molar-refractivity contribution in [3.8, 4) is 0 Å². The summed E-state index contributed by atoms with van der Waals surface area (Å²) in [7, 11) is 0. The predicted molar refractivity (Wildman–Crippen MR) is 31.3 cm³/mol. The minimum absolute atomic E-state index is 0. The summed E-state index contributed by atoms with van der Waals surface area (Å²) in [4.78, 5) is 8.25. The molecule has 5 nitrogen and oxygen atoms in total. The average Bonchev–Trinajstić information content (AvgIpc) is 1.25. The molecule has 0 saturated carbocycles. The molecule has 0 aromatic carbocycles. The monoisotopic (exact) mass is 236 g/mol. The maximum atomic E-state index is 9.53. The summed E-state index contributed by atoms with van der Waals surface area (Å²) in [6, 6.07) is 0. The summed E-state index contributed by atoms with van der Waals surface area (Å²) in [5, 5.41) is 24.3. The van der Waals surface area contributed by atoms with Crippen molar-refractivity contribution in [1.82, 2.24) is 0 Å². The van der Waals surface area contributed by atoms with E-state index < -0.39 is 11.2 Å². The number of hydrogen-bond acceptors (Lipinski definition) is 4. The number of rotatable bonds is 0.